The van der Waals surface area contributed by atoms with Crippen molar-refractivity contribution in [2.24, 2.45) is 0 Å². The average Bonchev–Trinajstić information content (AvgIpc) is 3.23. The highest BCUT2D eigenvalue weighted by molar-refractivity contribution is 7.87. The number of nitrogens with one attached hydrogen (secondary N) is 1. The molecule has 26 heavy (non-hydrogen) atoms. The van der Waals surface area contributed by atoms with Crippen LogP contribution in [0, 0.1) is 0 Å². The topological polar surface area (TPSA) is 64.6 Å². The summed E-state index contributed by atoms with van der Waals surface area (Å²) in [5.41, 5.74) is 1.04. The first-order valence-corrected chi connectivity index (χ1v) is 10.8. The van der Waals surface area contributed by atoms with Crippen molar-refractivity contribution in [3.05, 3.63) is 53.4 Å². The Morgan fingerprint density at radius 2 is 2.08 bits per heavy atom. The molecule has 3 heterocycles. The second kappa shape index (κ2) is 5.97. The van der Waals surface area contributed by atoms with Crippen molar-refractivity contribution in [2.45, 2.75) is 23.3 Å². The van der Waals surface area contributed by atoms with E-state index in [2.05, 4.69) is 5.32 Å². The van der Waals surface area contributed by atoms with E-state index >= 15 is 0 Å². The monoisotopic (exact) mass is 387 g/mol. The van der Waals surface area contributed by atoms with Crippen molar-refractivity contribution in [3.8, 4) is 11.5 Å². The van der Waals surface area contributed by atoms with Gasteiger partial charge in [-0.25, -0.2) is 0 Å². The van der Waals surface area contributed by atoms with Gasteiger partial charge < -0.3 is 14.2 Å². The van der Waals surface area contributed by atoms with Gasteiger partial charge in [-0.15, -0.1) is 11.3 Å². The zero-order chi connectivity index (χ0) is 17.7. The molecule has 2 aliphatic heterocycles. The number of fused-ring (bicyclic) bond motifs is 4. The van der Waals surface area contributed by atoms with Crippen LogP contribution in [0.3, 0.4) is 0 Å². The molecule has 2 atom stereocenters. The van der Waals surface area contributed by atoms with E-state index in [4.69, 9.17) is 8.92 Å². The third-order valence-electron chi connectivity index (χ3n) is 5.01. The minimum atomic E-state index is -3.89. The fourth-order valence-electron chi connectivity index (χ4n) is 3.77. The standard InChI is InChI=1S/C19H17NO4S2/c21-26(22,19-11-25-18-4-2-1-3-14(18)19)24-12-5-6-16-15(9-12)13-7-8-20-10-17(13)23-16/h1-6,9,11,13,17,20H,7-8,10H2. The van der Waals surface area contributed by atoms with Crippen LogP contribution >= 0.6 is 11.3 Å². The average molecular weight is 387 g/mol. The van der Waals surface area contributed by atoms with Gasteiger partial charge in [0.05, 0.1) is 0 Å². The summed E-state index contributed by atoms with van der Waals surface area (Å²) in [7, 11) is -3.89. The van der Waals surface area contributed by atoms with Gasteiger partial charge in [-0.2, -0.15) is 8.42 Å². The number of rotatable bonds is 3. The zero-order valence-electron chi connectivity index (χ0n) is 13.8. The Bertz CT molecular complexity index is 1090. The number of piperidine rings is 1. The zero-order valence-corrected chi connectivity index (χ0v) is 15.5. The van der Waals surface area contributed by atoms with Crippen LogP contribution in [0.2, 0.25) is 0 Å². The van der Waals surface area contributed by atoms with Gasteiger partial charge in [0.1, 0.15) is 22.5 Å². The maximum atomic E-state index is 12.8. The van der Waals surface area contributed by atoms with Crippen molar-refractivity contribution in [2.75, 3.05) is 13.1 Å². The Morgan fingerprint density at radius 3 is 3.00 bits per heavy atom. The molecule has 0 amide bonds. The summed E-state index contributed by atoms with van der Waals surface area (Å²) >= 11 is 1.40. The Hall–Kier alpha value is -2.09. The lowest BCUT2D eigenvalue weighted by Crippen LogP contribution is -2.39. The Morgan fingerprint density at radius 1 is 1.19 bits per heavy atom. The molecule has 2 unspecified atom stereocenters. The summed E-state index contributed by atoms with van der Waals surface area (Å²) in [6, 6.07) is 12.7. The molecule has 0 spiro atoms. The van der Waals surface area contributed by atoms with E-state index in [1.54, 1.807) is 17.5 Å². The van der Waals surface area contributed by atoms with E-state index < -0.39 is 10.1 Å². The molecule has 1 N–H and O–H groups in total. The lowest BCUT2D eigenvalue weighted by atomic mass is 9.90. The van der Waals surface area contributed by atoms with Crippen molar-refractivity contribution in [1.29, 1.82) is 0 Å². The van der Waals surface area contributed by atoms with E-state index in [0.29, 0.717) is 17.1 Å². The van der Waals surface area contributed by atoms with E-state index in [1.165, 1.54) is 11.3 Å². The fourth-order valence-corrected chi connectivity index (χ4v) is 6.16. The molecule has 1 saturated heterocycles. The second-order valence-electron chi connectivity index (χ2n) is 6.59. The summed E-state index contributed by atoms with van der Waals surface area (Å²) in [4.78, 5) is 0.217. The number of hydrogen-bond acceptors (Lipinski definition) is 6. The Kier molecular flexibility index (Phi) is 3.70. The molecule has 0 aliphatic carbocycles. The molecular formula is C19H17NO4S2. The molecule has 1 aromatic heterocycles. The minimum absolute atomic E-state index is 0.117. The predicted octanol–water partition coefficient (Wildman–Crippen LogP) is 3.51. The van der Waals surface area contributed by atoms with Crippen LogP contribution in [-0.4, -0.2) is 27.6 Å². The van der Waals surface area contributed by atoms with Crippen molar-refractivity contribution < 1.29 is 17.3 Å². The molecule has 0 radical (unpaired) electrons. The maximum absolute atomic E-state index is 12.8. The van der Waals surface area contributed by atoms with Gasteiger partial charge in [0.25, 0.3) is 0 Å². The number of ether oxygens (including phenoxy) is 1. The molecule has 7 heteroatoms. The molecule has 1 fully saturated rings. The van der Waals surface area contributed by atoms with Crippen LogP contribution in [0.4, 0.5) is 0 Å². The second-order valence-corrected chi connectivity index (χ2v) is 9.01. The maximum Gasteiger partial charge on any atom is 0.340 e. The van der Waals surface area contributed by atoms with Crippen LogP contribution in [0.25, 0.3) is 10.1 Å². The quantitative estimate of drug-likeness (QED) is 0.697. The fraction of sp³-hybridized carbons (Fsp3) is 0.263. The summed E-state index contributed by atoms with van der Waals surface area (Å²) < 4.78 is 38.0. The summed E-state index contributed by atoms with van der Waals surface area (Å²) in [6.45, 7) is 1.75. The molecule has 2 aromatic carbocycles. The van der Waals surface area contributed by atoms with Gasteiger partial charge in [0.15, 0.2) is 0 Å². The summed E-state index contributed by atoms with van der Waals surface area (Å²) in [6.07, 6.45) is 1.09. The van der Waals surface area contributed by atoms with Crippen LogP contribution < -0.4 is 14.2 Å². The predicted molar refractivity (Wildman–Crippen MR) is 101 cm³/mol. The molecule has 5 nitrogen and oxygen atoms in total. The van der Waals surface area contributed by atoms with Crippen molar-refractivity contribution >= 4 is 31.5 Å². The van der Waals surface area contributed by atoms with Crippen LogP contribution in [-0.2, 0) is 10.1 Å². The highest BCUT2D eigenvalue weighted by atomic mass is 32.2. The summed E-state index contributed by atoms with van der Waals surface area (Å²) in [5.74, 6) is 1.45. The van der Waals surface area contributed by atoms with Gasteiger partial charge in [-0.3, -0.25) is 0 Å². The third kappa shape index (κ3) is 2.58. The molecule has 5 rings (SSSR count). The largest absolute Gasteiger partial charge is 0.488 e. The van der Waals surface area contributed by atoms with Crippen LogP contribution in [0.15, 0.2) is 52.7 Å². The SMILES string of the molecule is O=S(=O)(Oc1ccc2c(c1)C1CCNCC1O2)c1csc2ccccc12. The molecule has 0 saturated carbocycles. The highest BCUT2D eigenvalue weighted by Crippen LogP contribution is 2.43. The van der Waals surface area contributed by atoms with Crippen LogP contribution in [0.5, 0.6) is 11.5 Å². The van der Waals surface area contributed by atoms with Gasteiger partial charge in [0, 0.05) is 33.5 Å². The van der Waals surface area contributed by atoms with E-state index in [0.717, 1.165) is 35.5 Å². The molecule has 3 aromatic rings. The first kappa shape index (κ1) is 16.1. The van der Waals surface area contributed by atoms with E-state index in [1.807, 2.05) is 30.3 Å². The van der Waals surface area contributed by atoms with Crippen molar-refractivity contribution in [3.63, 3.8) is 0 Å². The van der Waals surface area contributed by atoms with Gasteiger partial charge in [0.2, 0.25) is 0 Å². The lowest BCUT2D eigenvalue weighted by molar-refractivity contribution is 0.177. The van der Waals surface area contributed by atoms with Crippen molar-refractivity contribution in [1.82, 2.24) is 5.32 Å². The van der Waals surface area contributed by atoms with E-state index in [-0.39, 0.29) is 11.0 Å². The van der Waals surface area contributed by atoms with Crippen LogP contribution in [0.1, 0.15) is 17.9 Å². The Labute approximate surface area is 155 Å². The third-order valence-corrected chi connectivity index (χ3v) is 7.41. The smallest absolute Gasteiger partial charge is 0.340 e. The first-order chi connectivity index (χ1) is 12.6. The van der Waals surface area contributed by atoms with E-state index in [9.17, 15) is 8.42 Å². The molecule has 2 aliphatic rings. The molecular weight excluding hydrogens is 370 g/mol. The highest BCUT2D eigenvalue weighted by Gasteiger charge is 2.36. The Balaban J connectivity index is 1.48. The summed E-state index contributed by atoms with van der Waals surface area (Å²) in [5, 5.41) is 5.66. The number of hydrogen-bond donors (Lipinski definition) is 1. The van der Waals surface area contributed by atoms with Gasteiger partial charge in [-0.1, -0.05) is 18.2 Å². The number of benzene rings is 2. The molecule has 134 valence electrons. The number of thiophene rings is 1. The normalized spacial score (nSPS) is 21.8. The minimum Gasteiger partial charge on any atom is -0.488 e. The van der Waals surface area contributed by atoms with Gasteiger partial charge in [-0.05, 0) is 37.2 Å². The lowest BCUT2D eigenvalue weighted by Gasteiger charge is -2.24. The molecule has 0 bridgehead atoms. The first-order valence-electron chi connectivity index (χ1n) is 8.54. The van der Waals surface area contributed by atoms with Gasteiger partial charge >= 0.3 is 10.1 Å².